The number of alkyl halides is 3. The predicted molar refractivity (Wildman–Crippen MR) is 128 cm³/mol. The van der Waals surface area contributed by atoms with Gasteiger partial charge >= 0.3 is 6.36 Å². The van der Waals surface area contributed by atoms with Gasteiger partial charge in [-0.1, -0.05) is 38.1 Å². The normalized spacial score (nSPS) is 17.1. The van der Waals surface area contributed by atoms with Crippen molar-refractivity contribution in [2.45, 2.75) is 66.2 Å². The summed E-state index contributed by atoms with van der Waals surface area (Å²) < 4.78 is 50.6. The summed E-state index contributed by atoms with van der Waals surface area (Å²) >= 11 is 0. The Morgan fingerprint density at radius 2 is 1.44 bits per heavy atom. The van der Waals surface area contributed by atoms with Crippen LogP contribution in [0.1, 0.15) is 39.5 Å². The number of ether oxygens (including phenoxy) is 2. The molecule has 178 valence electrons. The van der Waals surface area contributed by atoms with Gasteiger partial charge in [-0.05, 0) is 68.0 Å². The molecule has 1 saturated carbocycles. The van der Waals surface area contributed by atoms with Gasteiger partial charge in [-0.25, -0.2) is 0 Å². The van der Waals surface area contributed by atoms with E-state index in [-0.39, 0.29) is 17.4 Å². The third kappa shape index (κ3) is 4.33. The summed E-state index contributed by atoms with van der Waals surface area (Å²) in [6.07, 6.45) is -1.14. The van der Waals surface area contributed by atoms with Crippen LogP contribution >= 0.6 is 0 Å². The van der Waals surface area contributed by atoms with Crippen LogP contribution in [-0.4, -0.2) is 12.0 Å². The van der Waals surface area contributed by atoms with Gasteiger partial charge in [-0.2, -0.15) is 0 Å². The minimum atomic E-state index is -4.80. The van der Waals surface area contributed by atoms with Crippen LogP contribution in [0.4, 0.5) is 24.5 Å². The molecule has 5 rings (SSSR count). The van der Waals surface area contributed by atoms with Gasteiger partial charge in [0.15, 0.2) is 26.2 Å². The Hall–Kier alpha value is -2.80. The molecule has 34 heavy (non-hydrogen) atoms. The Morgan fingerprint density at radius 1 is 0.853 bits per heavy atom. The molecule has 0 radical (unpaired) electrons. The van der Waals surface area contributed by atoms with Crippen molar-refractivity contribution < 1.29 is 22.6 Å². The molecule has 0 saturated heterocycles. The van der Waals surface area contributed by atoms with Crippen LogP contribution < -0.4 is 14.8 Å². The van der Waals surface area contributed by atoms with Crippen LogP contribution in [0.15, 0.2) is 81.4 Å². The lowest BCUT2D eigenvalue weighted by Crippen LogP contribution is -2.38. The Bertz CT molecular complexity index is 1140. The quantitative estimate of drug-likeness (QED) is 0.289. The smallest absolute Gasteiger partial charge is 0.483 e. The second kappa shape index (κ2) is 8.77. The zero-order valence-corrected chi connectivity index (χ0v) is 19.9. The van der Waals surface area contributed by atoms with Crippen LogP contribution in [0.5, 0.6) is 11.5 Å². The minimum absolute atomic E-state index is 0.159. The van der Waals surface area contributed by atoms with Crippen LogP contribution in [0.25, 0.3) is 0 Å². The van der Waals surface area contributed by atoms with Crippen LogP contribution in [-0.2, 0) is 10.9 Å². The SMILES string of the molecule is CC(C)C1(Oc2cc([S+]3c4ccccc4Nc4ccccc43)ccc2OC(F)(F)F)CCCC1. The number of fused-ring (bicyclic) bond motifs is 2. The highest BCUT2D eigenvalue weighted by atomic mass is 32.2. The molecule has 1 heterocycles. The number of halogens is 3. The van der Waals surface area contributed by atoms with Crippen molar-refractivity contribution in [1.82, 2.24) is 0 Å². The first kappa shape index (κ1) is 23.0. The van der Waals surface area contributed by atoms with Crippen molar-refractivity contribution in [3.05, 3.63) is 66.7 Å². The highest BCUT2D eigenvalue weighted by Gasteiger charge is 2.43. The van der Waals surface area contributed by atoms with E-state index in [2.05, 4.69) is 36.0 Å². The molecule has 1 N–H and O–H groups in total. The largest absolute Gasteiger partial charge is 0.573 e. The van der Waals surface area contributed by atoms with Gasteiger partial charge in [0.05, 0.1) is 11.4 Å². The van der Waals surface area contributed by atoms with E-state index < -0.39 is 22.9 Å². The lowest BCUT2D eigenvalue weighted by Gasteiger charge is -2.35. The number of benzene rings is 3. The lowest BCUT2D eigenvalue weighted by molar-refractivity contribution is -0.275. The number of anilines is 2. The second-order valence-corrected chi connectivity index (χ2v) is 11.1. The molecule has 0 atom stereocenters. The standard InChI is InChI=1S/C27H27F3NO2S/c1-18(2)26(15-7-8-16-26)32-23-17-19(13-14-22(23)33-27(28,29)30)34-24-11-5-3-9-20(24)31-21-10-4-6-12-25(21)34/h3-6,9-14,17-18,31H,7-8,15-16H2,1-2H3/q+1. The van der Waals surface area contributed by atoms with E-state index in [1.54, 1.807) is 12.1 Å². The van der Waals surface area contributed by atoms with E-state index in [4.69, 9.17) is 4.74 Å². The molecular formula is C27H27F3NO2S+. The number of nitrogens with one attached hydrogen (secondary N) is 1. The second-order valence-electron chi connectivity index (χ2n) is 9.11. The maximum atomic E-state index is 13.3. The molecule has 3 nitrogen and oxygen atoms in total. The average molecular weight is 487 g/mol. The zero-order chi connectivity index (χ0) is 23.9. The summed E-state index contributed by atoms with van der Waals surface area (Å²) in [4.78, 5) is 3.08. The lowest BCUT2D eigenvalue weighted by atomic mass is 9.88. The molecule has 0 aromatic heterocycles. The van der Waals surface area contributed by atoms with Gasteiger partial charge in [-0.3, -0.25) is 0 Å². The Kier molecular flexibility index (Phi) is 5.92. The van der Waals surface area contributed by atoms with E-state index in [9.17, 15) is 13.2 Å². The first-order valence-electron chi connectivity index (χ1n) is 11.5. The molecule has 0 amide bonds. The average Bonchev–Trinajstić information content (AvgIpc) is 3.28. The van der Waals surface area contributed by atoms with Gasteiger partial charge < -0.3 is 14.8 Å². The summed E-state index contributed by atoms with van der Waals surface area (Å²) in [5, 5.41) is 3.48. The van der Waals surface area contributed by atoms with E-state index in [1.807, 2.05) is 36.4 Å². The first-order chi connectivity index (χ1) is 16.3. The summed E-state index contributed by atoms with van der Waals surface area (Å²) in [6.45, 7) is 4.14. The molecule has 3 aromatic rings. The van der Waals surface area contributed by atoms with Crippen molar-refractivity contribution in [1.29, 1.82) is 0 Å². The van der Waals surface area contributed by atoms with E-state index in [0.29, 0.717) is 0 Å². The van der Waals surface area contributed by atoms with Crippen molar-refractivity contribution in [3.63, 3.8) is 0 Å². The molecule has 3 aromatic carbocycles. The number of para-hydroxylation sites is 2. The van der Waals surface area contributed by atoms with Crippen LogP contribution in [0.3, 0.4) is 0 Å². The van der Waals surface area contributed by atoms with Crippen molar-refractivity contribution in [2.75, 3.05) is 5.32 Å². The fraction of sp³-hybridized carbons (Fsp3) is 0.333. The van der Waals surface area contributed by atoms with Gasteiger partial charge in [-0.15, -0.1) is 13.2 Å². The predicted octanol–water partition coefficient (Wildman–Crippen LogP) is 8.09. The molecular weight excluding hydrogens is 459 g/mol. The van der Waals surface area contributed by atoms with Gasteiger partial charge in [0, 0.05) is 6.07 Å². The topological polar surface area (TPSA) is 30.5 Å². The first-order valence-corrected chi connectivity index (χ1v) is 12.8. The van der Waals surface area contributed by atoms with Gasteiger partial charge in [0.25, 0.3) is 0 Å². The number of rotatable bonds is 5. The maximum absolute atomic E-state index is 13.3. The summed E-state index contributed by atoms with van der Waals surface area (Å²) in [5.74, 6) is 0.0371. The molecule has 1 aliphatic heterocycles. The number of hydrogen-bond acceptors (Lipinski definition) is 3. The Morgan fingerprint density at radius 3 is 2.00 bits per heavy atom. The molecule has 0 bridgehead atoms. The van der Waals surface area contributed by atoms with E-state index in [0.717, 1.165) is 51.7 Å². The third-order valence-corrected chi connectivity index (χ3v) is 8.99. The maximum Gasteiger partial charge on any atom is 0.573 e. The van der Waals surface area contributed by atoms with Crippen molar-refractivity contribution >= 4 is 22.3 Å². The Balaban J connectivity index is 1.63. The molecule has 2 aliphatic rings. The third-order valence-electron chi connectivity index (χ3n) is 6.68. The number of hydrogen-bond donors (Lipinski definition) is 1. The van der Waals surface area contributed by atoms with Crippen LogP contribution in [0, 0.1) is 5.92 Å². The summed E-state index contributed by atoms with van der Waals surface area (Å²) in [5.41, 5.74) is 1.50. The fourth-order valence-corrected chi connectivity index (χ4v) is 7.19. The summed E-state index contributed by atoms with van der Waals surface area (Å²) in [7, 11) is -0.506. The zero-order valence-electron chi connectivity index (χ0n) is 19.1. The molecule has 1 aliphatic carbocycles. The molecule has 1 fully saturated rings. The van der Waals surface area contributed by atoms with E-state index >= 15 is 0 Å². The highest BCUT2D eigenvalue weighted by molar-refractivity contribution is 7.97. The minimum Gasteiger partial charge on any atom is -0.483 e. The highest BCUT2D eigenvalue weighted by Crippen LogP contribution is 2.48. The Labute approximate surface area is 200 Å². The van der Waals surface area contributed by atoms with Crippen molar-refractivity contribution in [3.8, 4) is 11.5 Å². The molecule has 0 unspecified atom stereocenters. The fourth-order valence-electron chi connectivity index (χ4n) is 4.91. The van der Waals surface area contributed by atoms with Crippen LogP contribution in [0.2, 0.25) is 0 Å². The van der Waals surface area contributed by atoms with Gasteiger partial charge in [0.1, 0.15) is 16.5 Å². The van der Waals surface area contributed by atoms with Gasteiger partial charge in [0.2, 0.25) is 0 Å². The molecule has 7 heteroatoms. The van der Waals surface area contributed by atoms with Crippen molar-refractivity contribution in [2.24, 2.45) is 5.92 Å². The summed E-state index contributed by atoms with van der Waals surface area (Å²) in [6, 6.07) is 21.0. The molecule has 0 spiro atoms. The van der Waals surface area contributed by atoms with E-state index in [1.165, 1.54) is 6.07 Å². The monoisotopic (exact) mass is 486 g/mol.